The van der Waals surface area contributed by atoms with Gasteiger partial charge in [0.05, 0.1) is 94.0 Å². The first kappa shape index (κ1) is 102. The van der Waals surface area contributed by atoms with Crippen LogP contribution in [-0.4, -0.2) is 226 Å². The number of rotatable bonds is 19. The Morgan fingerprint density at radius 3 is 1.15 bits per heavy atom. The zero-order valence-electron chi connectivity index (χ0n) is 81.2. The van der Waals surface area contributed by atoms with Crippen molar-refractivity contribution >= 4 is 98.6 Å². The number of aliphatic hydroxyl groups excluding tert-OH is 1. The molecule has 0 atom stereocenters. The number of H-pyrrole nitrogens is 2. The molecule has 0 unspecified atom stereocenters. The maximum Gasteiger partial charge on any atom is 1.00 e. The van der Waals surface area contributed by atoms with Gasteiger partial charge in [-0.1, -0.05) is 79.7 Å². The van der Waals surface area contributed by atoms with Crippen LogP contribution in [-0.2, 0) is 43.4 Å². The topological polar surface area (TPSA) is 419 Å². The molecule has 0 bridgehead atoms. The van der Waals surface area contributed by atoms with Gasteiger partial charge in [-0.25, -0.2) is 38.1 Å². The maximum atomic E-state index is 15.6. The van der Waals surface area contributed by atoms with Gasteiger partial charge in [0.25, 0.3) is 35.4 Å². The van der Waals surface area contributed by atoms with Gasteiger partial charge in [0, 0.05) is 132 Å². The van der Waals surface area contributed by atoms with Crippen LogP contribution in [0.25, 0.3) is 78.5 Å². The number of nitrogens with zero attached hydrogens (tertiary/aromatic N) is 11. The average Bonchev–Trinajstić information content (AvgIpc) is 1.65. The molecule has 6 amide bonds. The number of benzene rings is 9. The summed E-state index contributed by atoms with van der Waals surface area (Å²) < 4.78 is 85.2. The van der Waals surface area contributed by atoms with E-state index in [2.05, 4.69) is 24.9 Å². The Kier molecular flexibility index (Phi) is 30.8. The van der Waals surface area contributed by atoms with Crippen LogP contribution in [0.2, 0.25) is 0 Å². The number of amides is 6. The summed E-state index contributed by atoms with van der Waals surface area (Å²) in [5.41, 5.74) is 29.2. The van der Waals surface area contributed by atoms with E-state index in [0.29, 0.717) is 217 Å². The van der Waals surface area contributed by atoms with Crippen LogP contribution in [0.5, 0.6) is 17.2 Å². The standard InChI is InChI=1S/C38H34FN5O6.C36H32FN5O5.C25H25FN4O2.C12H13NO3.Li.H2O/c1-22(45)50-21-29-27(3-2-4-31(29)44-15-18-49-32-20-26(23-5-6-23)19-30(39)33(32)38(44)47)28-11-12-40-36-34(28)41-35(42-36)24-7-9-25(10-8-24)37(46)43-13-16-48-17-14-43;37-28-18-24(21-4-5-21)19-30-31(28)36(45)42(14-17-47-30)29-3-1-2-25(27(29)20-43)26-10-11-38-34-32(26)39-33(40-34)22-6-8-23(9-7-22)35(44)41-12-15-46-16-13-41;1-2-16-17(18-8-9-29-24(28)23(18)27)4-3-5-20(16)30-10-11-32-21-13-15(14-6-7-14)12-19(26)22(21)25(30)31;14-9-10-1-3-11(4-2-10)12(15)13-5-7-16-8-6-13;;/h2-4,7-12,19-20,23H,5-6,13-18,21H2,1H3,(H,40,41,42);1-3,6-11,18-19,21,43H,4-5,12-17,20H2,(H,38,39,40);3-5,8-9,12-14H,2,6-7,10-11,27H2,1H3,(H2,28,29);1-4,9H,5-8H2;;1H2/q;;;;+1;/p-1. The van der Waals surface area contributed by atoms with Crippen LogP contribution < -0.4 is 59.2 Å². The molecule has 0 radical (unpaired) electrons. The van der Waals surface area contributed by atoms with E-state index in [9.17, 15) is 43.5 Å². The number of aliphatic hydroxyl groups is 1. The largest absolute Gasteiger partial charge is 1.00 e. The van der Waals surface area contributed by atoms with E-state index in [1.54, 1.807) is 111 Å². The van der Waals surface area contributed by atoms with Crippen LogP contribution in [0.4, 0.5) is 41.7 Å². The third-order valence-corrected chi connectivity index (χ3v) is 27.4. The number of aldehydes is 1. The molecule has 3 saturated heterocycles. The number of pyridine rings is 3. The van der Waals surface area contributed by atoms with Crippen molar-refractivity contribution in [1.29, 1.82) is 0 Å². The Hall–Kier alpha value is -15.5. The van der Waals surface area contributed by atoms with Crippen molar-refractivity contribution in [1.82, 2.24) is 49.6 Å². The minimum Gasteiger partial charge on any atom is -0.870 e. The third-order valence-electron chi connectivity index (χ3n) is 27.4. The summed E-state index contributed by atoms with van der Waals surface area (Å²) in [7, 11) is 0. The van der Waals surface area contributed by atoms with Gasteiger partial charge in [-0.05, 0) is 211 Å². The summed E-state index contributed by atoms with van der Waals surface area (Å²) in [6, 6.07) is 53.0. The van der Waals surface area contributed by atoms with Gasteiger partial charge in [0.15, 0.2) is 11.3 Å². The van der Waals surface area contributed by atoms with Crippen molar-refractivity contribution in [2.75, 3.05) is 145 Å². The second-order valence-corrected chi connectivity index (χ2v) is 36.6. The number of fused-ring (bicyclic) bond motifs is 5. The smallest absolute Gasteiger partial charge is 0.870 e. The first-order valence-corrected chi connectivity index (χ1v) is 48.7. The van der Waals surface area contributed by atoms with Crippen LogP contribution in [0.1, 0.15) is 176 Å². The molecule has 147 heavy (non-hydrogen) atoms. The number of carbonyl (C=O) groups is 8. The SMILES string of the molecule is CC(=O)OCc1c(-c2ccnc3nc(-c4ccc(C(=O)N5CCOCC5)cc4)[nH]c23)cccc1N1CCOc2cc(C3CC3)cc(F)c2C1=O.CCc1c(-c2ccnc(N)c2N)cccc1N1CCOc2cc(C3CC3)cc(F)c2C1=O.O=C(c1ccc(-c2nc3nccc(-c4cccc(N5CCOc6cc(C7CC7)cc(F)c6C5=O)c4CO)c3[nH]2)cc1)N1CCOCC1.O=Cc1ccc(C(=O)N2CCOCC2)cc1.[Li+].[OH-]. The van der Waals surface area contributed by atoms with E-state index < -0.39 is 41.1 Å². The van der Waals surface area contributed by atoms with Crippen molar-refractivity contribution < 1.29 is 114 Å². The average molecular weight is 1990 g/mol. The predicted molar refractivity (Wildman–Crippen MR) is 539 cm³/mol. The maximum absolute atomic E-state index is 15.6. The number of nitrogens with one attached hydrogen (secondary N) is 2. The molecule has 0 spiro atoms. The molecule has 9 aliphatic rings. The van der Waals surface area contributed by atoms with Gasteiger partial charge in [0.1, 0.15) is 102 Å². The molecule has 8 N–H and O–H groups in total. The minimum atomic E-state index is -0.613. The minimum absolute atomic E-state index is 0. The molecule has 6 aliphatic heterocycles. The van der Waals surface area contributed by atoms with Crippen LogP contribution >= 0.6 is 0 Å². The fourth-order valence-corrected chi connectivity index (χ4v) is 19.3. The summed E-state index contributed by atoms with van der Waals surface area (Å²) in [5, 5.41) is 10.7. The number of hydrogen-bond donors (Lipinski definition) is 5. The van der Waals surface area contributed by atoms with Crippen LogP contribution in [0.15, 0.2) is 201 Å². The third kappa shape index (κ3) is 21.5. The molecule has 3 aliphatic carbocycles. The summed E-state index contributed by atoms with van der Waals surface area (Å²) in [6.07, 6.45) is 12.4. The molecule has 11 heterocycles. The molecule has 5 aromatic heterocycles. The fourth-order valence-electron chi connectivity index (χ4n) is 19.3. The van der Waals surface area contributed by atoms with E-state index in [4.69, 9.17) is 54.6 Å². The quantitative estimate of drug-likeness (QED) is 0.0285. The predicted octanol–water partition coefficient (Wildman–Crippen LogP) is 13.5. The van der Waals surface area contributed by atoms with Crippen molar-refractivity contribution in [3.63, 3.8) is 0 Å². The summed E-state index contributed by atoms with van der Waals surface area (Å²) >= 11 is 0. The Morgan fingerprint density at radius 2 is 0.789 bits per heavy atom. The number of halogens is 3. The zero-order chi connectivity index (χ0) is 100. The second kappa shape index (κ2) is 44.6. The van der Waals surface area contributed by atoms with Gasteiger partial charge >= 0.3 is 24.8 Å². The fraction of sp³-hybridized carbons (Fsp3) is 0.288. The van der Waals surface area contributed by atoms with E-state index in [1.165, 1.54) is 34.9 Å². The molecule has 748 valence electrons. The number of anilines is 5. The first-order valence-electron chi connectivity index (χ1n) is 48.7. The molecule has 3 saturated carbocycles. The number of ether oxygens (including phenoxy) is 7. The Bertz CT molecular complexity index is 7370. The molecule has 32 nitrogen and oxygen atoms in total. The number of hydrogen-bond acceptors (Lipinski definition) is 24. The van der Waals surface area contributed by atoms with Crippen molar-refractivity contribution in [3.05, 3.63) is 290 Å². The summed E-state index contributed by atoms with van der Waals surface area (Å²) in [5.74, 6) is -0.521. The molecular weight excluding hydrogens is 1880 g/mol. The van der Waals surface area contributed by atoms with Crippen molar-refractivity contribution in [3.8, 4) is 73.4 Å². The van der Waals surface area contributed by atoms with Gasteiger partial charge in [-0.2, -0.15) is 0 Å². The monoisotopic (exact) mass is 1980 g/mol. The van der Waals surface area contributed by atoms with E-state index in [-0.39, 0.29) is 122 Å². The van der Waals surface area contributed by atoms with Crippen molar-refractivity contribution in [2.45, 2.75) is 89.8 Å². The summed E-state index contributed by atoms with van der Waals surface area (Å²) in [6.45, 7) is 11.0. The number of carbonyl (C=O) groups excluding carboxylic acids is 8. The van der Waals surface area contributed by atoms with Crippen LogP contribution in [0.3, 0.4) is 0 Å². The normalized spacial score (nSPS) is 16.0. The zero-order valence-corrected chi connectivity index (χ0v) is 81.2. The molecular formula is C111H105F3LiN15O17. The second-order valence-electron chi connectivity index (χ2n) is 36.6. The number of esters is 1. The number of aromatic nitrogens is 7. The van der Waals surface area contributed by atoms with Gasteiger partial charge in [-0.3, -0.25) is 38.4 Å². The number of nitrogen functional groups attached to an aromatic ring is 2. The van der Waals surface area contributed by atoms with Gasteiger partial charge in [0.2, 0.25) is 0 Å². The Balaban J connectivity index is 0.000000136. The molecule has 6 fully saturated rings. The van der Waals surface area contributed by atoms with E-state index in [1.807, 2.05) is 97.9 Å². The number of morpholine rings is 3. The molecule has 14 aromatic rings. The Labute approximate surface area is 855 Å². The van der Waals surface area contributed by atoms with Gasteiger partial charge in [-0.15, -0.1) is 0 Å². The van der Waals surface area contributed by atoms with Crippen molar-refractivity contribution in [2.24, 2.45) is 0 Å². The molecule has 23 rings (SSSR count). The number of aromatic amines is 2. The summed E-state index contributed by atoms with van der Waals surface area (Å²) in [4.78, 5) is 141. The number of nitrogens with two attached hydrogens (primary N) is 2. The van der Waals surface area contributed by atoms with E-state index >= 15 is 13.2 Å². The molecule has 36 heteroatoms. The number of imidazole rings is 2. The van der Waals surface area contributed by atoms with Gasteiger partial charge < -0.3 is 94.6 Å². The first-order chi connectivity index (χ1) is 70.6. The molecule has 9 aromatic carbocycles. The van der Waals surface area contributed by atoms with Crippen LogP contribution in [0, 0.1) is 17.5 Å². The Morgan fingerprint density at radius 1 is 0.442 bits per heavy atom. The van der Waals surface area contributed by atoms with E-state index in [0.717, 1.165) is 100 Å².